The summed E-state index contributed by atoms with van der Waals surface area (Å²) in [7, 11) is 0. The molecule has 0 bridgehead atoms. The van der Waals surface area contributed by atoms with Gasteiger partial charge in [0.15, 0.2) is 0 Å². The van der Waals surface area contributed by atoms with Crippen LogP contribution in [0.15, 0.2) is 36.5 Å². The Bertz CT molecular complexity index is 622. The molecule has 1 aliphatic rings. The molecule has 1 aromatic heterocycles. The van der Waals surface area contributed by atoms with Gasteiger partial charge >= 0.3 is 0 Å². The number of fused-ring (bicyclic) bond motifs is 1. The average molecular weight is 281 g/mol. The van der Waals surface area contributed by atoms with Crippen LogP contribution in [-0.2, 0) is 13.0 Å². The standard InChI is InChI=1S/C18H23N3/c1-3-9-19-12-16-13-20-14(2)11-18(16)21-10-8-15-6-4-5-7-17(15)21/h4-7,11,13,19H,3,8-10,12H2,1-2H3. The van der Waals surface area contributed by atoms with E-state index in [1.54, 1.807) is 0 Å². The van der Waals surface area contributed by atoms with Crippen LogP contribution in [0.4, 0.5) is 11.4 Å². The van der Waals surface area contributed by atoms with Crippen molar-refractivity contribution in [3.8, 4) is 0 Å². The monoisotopic (exact) mass is 281 g/mol. The first-order valence-electron chi connectivity index (χ1n) is 7.81. The fraction of sp³-hybridized carbons (Fsp3) is 0.389. The van der Waals surface area contributed by atoms with Gasteiger partial charge in [-0.25, -0.2) is 0 Å². The largest absolute Gasteiger partial charge is 0.341 e. The van der Waals surface area contributed by atoms with Crippen LogP contribution >= 0.6 is 0 Å². The van der Waals surface area contributed by atoms with Gasteiger partial charge in [0, 0.05) is 41.9 Å². The molecule has 21 heavy (non-hydrogen) atoms. The van der Waals surface area contributed by atoms with Gasteiger partial charge in [0.05, 0.1) is 0 Å². The zero-order valence-corrected chi connectivity index (χ0v) is 12.9. The summed E-state index contributed by atoms with van der Waals surface area (Å²) in [5, 5.41) is 3.49. The predicted molar refractivity (Wildman–Crippen MR) is 88.1 cm³/mol. The van der Waals surface area contributed by atoms with Gasteiger partial charge in [0.2, 0.25) is 0 Å². The van der Waals surface area contributed by atoms with Gasteiger partial charge in [-0.3, -0.25) is 4.98 Å². The highest BCUT2D eigenvalue weighted by molar-refractivity contribution is 5.72. The van der Waals surface area contributed by atoms with E-state index in [-0.39, 0.29) is 0 Å². The van der Waals surface area contributed by atoms with Crippen LogP contribution in [0.5, 0.6) is 0 Å². The molecule has 0 radical (unpaired) electrons. The quantitative estimate of drug-likeness (QED) is 0.849. The minimum atomic E-state index is 0.884. The van der Waals surface area contributed by atoms with E-state index in [1.165, 1.54) is 22.5 Å². The van der Waals surface area contributed by atoms with Crippen molar-refractivity contribution in [3.05, 3.63) is 53.3 Å². The molecule has 0 saturated heterocycles. The summed E-state index contributed by atoms with van der Waals surface area (Å²) >= 11 is 0. The lowest BCUT2D eigenvalue weighted by atomic mass is 10.1. The minimum Gasteiger partial charge on any atom is -0.341 e. The van der Waals surface area contributed by atoms with E-state index in [9.17, 15) is 0 Å². The molecule has 3 nitrogen and oxygen atoms in total. The molecule has 0 aliphatic carbocycles. The zero-order valence-electron chi connectivity index (χ0n) is 12.9. The Balaban J connectivity index is 1.92. The number of aromatic nitrogens is 1. The van der Waals surface area contributed by atoms with E-state index in [0.29, 0.717) is 0 Å². The van der Waals surface area contributed by atoms with Crippen LogP contribution in [0.25, 0.3) is 0 Å². The molecule has 1 N–H and O–H groups in total. The summed E-state index contributed by atoms with van der Waals surface area (Å²) in [6, 6.07) is 10.9. The lowest BCUT2D eigenvalue weighted by molar-refractivity contribution is 0.673. The molecular formula is C18H23N3. The molecule has 0 spiro atoms. The van der Waals surface area contributed by atoms with E-state index in [2.05, 4.69) is 59.4 Å². The summed E-state index contributed by atoms with van der Waals surface area (Å²) in [6.45, 7) is 7.25. The van der Waals surface area contributed by atoms with Crippen molar-refractivity contribution >= 4 is 11.4 Å². The second-order valence-electron chi connectivity index (χ2n) is 5.66. The molecule has 1 aromatic carbocycles. The summed E-state index contributed by atoms with van der Waals surface area (Å²) in [5.74, 6) is 0. The van der Waals surface area contributed by atoms with Gasteiger partial charge in [-0.15, -0.1) is 0 Å². The number of aryl methyl sites for hydroxylation is 1. The van der Waals surface area contributed by atoms with E-state index in [0.717, 1.165) is 38.2 Å². The predicted octanol–water partition coefficient (Wildman–Crippen LogP) is 3.58. The molecule has 110 valence electrons. The molecular weight excluding hydrogens is 258 g/mol. The summed E-state index contributed by atoms with van der Waals surface area (Å²) < 4.78 is 0. The van der Waals surface area contributed by atoms with Crippen molar-refractivity contribution in [2.24, 2.45) is 0 Å². The van der Waals surface area contributed by atoms with Gasteiger partial charge in [-0.1, -0.05) is 25.1 Å². The van der Waals surface area contributed by atoms with Gasteiger partial charge < -0.3 is 10.2 Å². The molecule has 2 aromatic rings. The molecule has 1 aliphatic heterocycles. The van der Waals surface area contributed by atoms with Crippen LogP contribution in [0.3, 0.4) is 0 Å². The number of pyridine rings is 1. The number of benzene rings is 1. The molecule has 0 fully saturated rings. The third-order valence-electron chi connectivity index (χ3n) is 4.02. The number of rotatable bonds is 5. The lowest BCUT2D eigenvalue weighted by Crippen LogP contribution is -2.20. The Morgan fingerprint density at radius 3 is 2.95 bits per heavy atom. The van der Waals surface area contributed by atoms with Crippen LogP contribution in [-0.4, -0.2) is 18.1 Å². The van der Waals surface area contributed by atoms with Crippen LogP contribution < -0.4 is 10.2 Å². The molecule has 0 unspecified atom stereocenters. The van der Waals surface area contributed by atoms with Crippen molar-refractivity contribution in [2.45, 2.75) is 33.2 Å². The smallest absolute Gasteiger partial charge is 0.0490 e. The SMILES string of the molecule is CCCNCc1cnc(C)cc1N1CCc2ccccc21. The maximum atomic E-state index is 4.48. The second kappa shape index (κ2) is 6.27. The maximum absolute atomic E-state index is 4.48. The van der Waals surface area contributed by atoms with Crippen LogP contribution in [0.2, 0.25) is 0 Å². The van der Waals surface area contributed by atoms with Gasteiger partial charge in [0.1, 0.15) is 0 Å². The van der Waals surface area contributed by atoms with Gasteiger partial charge in [-0.2, -0.15) is 0 Å². The summed E-state index contributed by atoms with van der Waals surface area (Å²) in [6.07, 6.45) is 4.30. The highest BCUT2D eigenvalue weighted by Gasteiger charge is 2.22. The van der Waals surface area contributed by atoms with Gasteiger partial charge in [0.25, 0.3) is 0 Å². The van der Waals surface area contributed by atoms with E-state index < -0.39 is 0 Å². The maximum Gasteiger partial charge on any atom is 0.0490 e. The number of para-hydroxylation sites is 1. The molecule has 3 heteroatoms. The fourth-order valence-corrected chi connectivity index (χ4v) is 2.95. The molecule has 0 saturated carbocycles. The van der Waals surface area contributed by atoms with Crippen molar-refractivity contribution in [2.75, 3.05) is 18.0 Å². The van der Waals surface area contributed by atoms with E-state index in [1.807, 2.05) is 6.20 Å². The third-order valence-corrected chi connectivity index (χ3v) is 4.02. The topological polar surface area (TPSA) is 28.2 Å². The number of hydrogen-bond acceptors (Lipinski definition) is 3. The van der Waals surface area contributed by atoms with Crippen molar-refractivity contribution in [1.29, 1.82) is 0 Å². The first-order chi connectivity index (χ1) is 10.3. The van der Waals surface area contributed by atoms with E-state index >= 15 is 0 Å². The average Bonchev–Trinajstić information content (AvgIpc) is 2.93. The van der Waals surface area contributed by atoms with Crippen LogP contribution in [0.1, 0.15) is 30.2 Å². The minimum absolute atomic E-state index is 0.884. The van der Waals surface area contributed by atoms with Crippen LogP contribution in [0, 0.1) is 6.92 Å². The number of nitrogens with zero attached hydrogens (tertiary/aromatic N) is 2. The Kier molecular flexibility index (Phi) is 4.20. The molecule has 0 amide bonds. The second-order valence-corrected chi connectivity index (χ2v) is 5.66. The Morgan fingerprint density at radius 2 is 2.10 bits per heavy atom. The highest BCUT2D eigenvalue weighted by atomic mass is 15.2. The van der Waals surface area contributed by atoms with Crippen molar-refractivity contribution < 1.29 is 0 Å². The Labute approximate surface area is 127 Å². The fourth-order valence-electron chi connectivity index (χ4n) is 2.95. The number of hydrogen-bond donors (Lipinski definition) is 1. The highest BCUT2D eigenvalue weighted by Crippen LogP contribution is 2.36. The normalized spacial score (nSPS) is 13.5. The summed E-state index contributed by atoms with van der Waals surface area (Å²) in [4.78, 5) is 6.92. The Morgan fingerprint density at radius 1 is 1.24 bits per heavy atom. The molecule has 3 rings (SSSR count). The number of nitrogens with one attached hydrogen (secondary N) is 1. The van der Waals surface area contributed by atoms with E-state index in [4.69, 9.17) is 0 Å². The first-order valence-corrected chi connectivity index (χ1v) is 7.81. The Hall–Kier alpha value is -1.87. The van der Waals surface area contributed by atoms with Gasteiger partial charge in [-0.05, 0) is 44.0 Å². The molecule has 2 heterocycles. The lowest BCUT2D eigenvalue weighted by Gasteiger charge is -2.23. The molecule has 0 atom stereocenters. The van der Waals surface area contributed by atoms with Crippen molar-refractivity contribution in [1.82, 2.24) is 10.3 Å². The zero-order chi connectivity index (χ0) is 14.7. The third kappa shape index (κ3) is 2.93. The van der Waals surface area contributed by atoms with Crippen molar-refractivity contribution in [3.63, 3.8) is 0 Å². The summed E-state index contributed by atoms with van der Waals surface area (Å²) in [5.41, 5.74) is 6.45. The first kappa shape index (κ1) is 14.1. The number of anilines is 2.